The Hall–Kier alpha value is -1.12. The quantitative estimate of drug-likeness (QED) is 0.537. The van der Waals surface area contributed by atoms with Crippen LogP contribution in [0.4, 0.5) is 0 Å². The number of Topliss-reactive ketones (excluding diaryl/α,β-unsaturated/α-hetero) is 2. The first-order chi connectivity index (χ1) is 10.1. The molecule has 0 spiro atoms. The van der Waals surface area contributed by atoms with Crippen molar-refractivity contribution in [1.82, 2.24) is 0 Å². The third kappa shape index (κ3) is 4.42. The van der Waals surface area contributed by atoms with E-state index in [1.54, 1.807) is 48.5 Å². The SMILES string of the molecule is O=C(C[Se]CC(=O)c1ccccc1Cl)c1ccccc1Cl. The fraction of sp³-hybridized carbons (Fsp3) is 0.125. The van der Waals surface area contributed by atoms with Gasteiger partial charge in [-0.1, -0.05) is 0 Å². The van der Waals surface area contributed by atoms with Crippen molar-refractivity contribution in [1.29, 1.82) is 0 Å². The maximum atomic E-state index is 12.0. The summed E-state index contributed by atoms with van der Waals surface area (Å²) in [5.74, 6) is -0.0416. The van der Waals surface area contributed by atoms with Crippen LogP contribution in [0.1, 0.15) is 20.7 Å². The van der Waals surface area contributed by atoms with Gasteiger partial charge in [-0.15, -0.1) is 0 Å². The van der Waals surface area contributed by atoms with E-state index in [2.05, 4.69) is 0 Å². The number of benzene rings is 2. The van der Waals surface area contributed by atoms with Gasteiger partial charge in [-0.2, -0.15) is 0 Å². The summed E-state index contributed by atoms with van der Waals surface area (Å²) in [4.78, 5) is 24.1. The van der Waals surface area contributed by atoms with Gasteiger partial charge >= 0.3 is 140 Å². The zero-order valence-electron chi connectivity index (χ0n) is 11.0. The molecule has 0 aliphatic rings. The van der Waals surface area contributed by atoms with Gasteiger partial charge in [0.25, 0.3) is 0 Å². The summed E-state index contributed by atoms with van der Waals surface area (Å²) in [6, 6.07) is 13.9. The molecule has 0 aromatic heterocycles. The minimum atomic E-state index is -0.105. The van der Waals surface area contributed by atoms with Crippen molar-refractivity contribution in [3.63, 3.8) is 0 Å². The number of rotatable bonds is 6. The topological polar surface area (TPSA) is 34.1 Å². The van der Waals surface area contributed by atoms with Crippen molar-refractivity contribution in [2.24, 2.45) is 0 Å². The minimum absolute atomic E-state index is 0.0208. The van der Waals surface area contributed by atoms with E-state index in [-0.39, 0.29) is 26.5 Å². The van der Waals surface area contributed by atoms with Gasteiger partial charge in [0, 0.05) is 0 Å². The summed E-state index contributed by atoms with van der Waals surface area (Å²) in [7, 11) is 0. The molecule has 0 unspecified atom stereocenters. The summed E-state index contributed by atoms with van der Waals surface area (Å²) < 4.78 is 0. The fourth-order valence-corrected chi connectivity index (χ4v) is 3.89. The summed E-state index contributed by atoms with van der Waals surface area (Å²) in [6.07, 6.45) is 0. The van der Waals surface area contributed by atoms with E-state index in [0.717, 1.165) is 0 Å². The van der Waals surface area contributed by atoms with Gasteiger partial charge in [-0.3, -0.25) is 0 Å². The van der Waals surface area contributed by atoms with Crippen molar-refractivity contribution < 1.29 is 9.59 Å². The van der Waals surface area contributed by atoms with Crippen LogP contribution < -0.4 is 0 Å². The molecule has 0 amide bonds. The number of hydrogen-bond acceptors (Lipinski definition) is 2. The normalized spacial score (nSPS) is 10.4. The average molecular weight is 386 g/mol. The number of ketones is 2. The van der Waals surface area contributed by atoms with E-state index in [9.17, 15) is 9.59 Å². The molecular formula is C16H12Cl2O2Se. The third-order valence-corrected chi connectivity index (χ3v) is 5.43. The molecule has 0 bridgehead atoms. The summed E-state index contributed by atoms with van der Waals surface area (Å²) >= 11 is 11.9. The van der Waals surface area contributed by atoms with Gasteiger partial charge in [-0.25, -0.2) is 0 Å². The Balaban J connectivity index is 1.90. The van der Waals surface area contributed by atoms with Crippen LogP contribution in [0, 0.1) is 0 Å². The molecule has 0 saturated heterocycles. The summed E-state index contributed by atoms with van der Waals surface area (Å²) in [5.41, 5.74) is 1.04. The predicted octanol–water partition coefficient (Wildman–Crippen LogP) is 4.60. The fourth-order valence-electron chi connectivity index (χ4n) is 1.77. The first-order valence-electron chi connectivity index (χ1n) is 6.23. The van der Waals surface area contributed by atoms with Crippen LogP contribution in [-0.2, 0) is 0 Å². The van der Waals surface area contributed by atoms with Gasteiger partial charge in [0.15, 0.2) is 0 Å². The zero-order chi connectivity index (χ0) is 15.2. The first kappa shape index (κ1) is 16.3. The van der Waals surface area contributed by atoms with E-state index in [1.807, 2.05) is 0 Å². The van der Waals surface area contributed by atoms with Crippen molar-refractivity contribution in [2.45, 2.75) is 10.6 Å². The number of hydrogen-bond donors (Lipinski definition) is 0. The third-order valence-electron chi connectivity index (χ3n) is 2.81. The second kappa shape index (κ2) is 7.76. The molecule has 2 rings (SSSR count). The van der Waals surface area contributed by atoms with Crippen LogP contribution in [-0.4, -0.2) is 26.5 Å². The molecule has 0 radical (unpaired) electrons. The van der Waals surface area contributed by atoms with Crippen LogP contribution in [0.5, 0.6) is 0 Å². The monoisotopic (exact) mass is 386 g/mol. The van der Waals surface area contributed by atoms with Crippen LogP contribution in [0.2, 0.25) is 20.7 Å². The second-order valence-corrected chi connectivity index (χ2v) is 7.18. The van der Waals surface area contributed by atoms with Gasteiger partial charge < -0.3 is 0 Å². The number of carbonyl (C=O) groups excluding carboxylic acids is 2. The second-order valence-electron chi connectivity index (χ2n) is 4.30. The van der Waals surface area contributed by atoms with Crippen molar-refractivity contribution in [3.05, 3.63) is 69.7 Å². The van der Waals surface area contributed by atoms with E-state index < -0.39 is 0 Å². The van der Waals surface area contributed by atoms with Crippen LogP contribution in [0.25, 0.3) is 0 Å². The van der Waals surface area contributed by atoms with Gasteiger partial charge in [-0.05, 0) is 0 Å². The molecule has 0 aliphatic carbocycles. The molecule has 5 heteroatoms. The van der Waals surface area contributed by atoms with Crippen molar-refractivity contribution >= 4 is 49.7 Å². The molecule has 2 aromatic rings. The Kier molecular flexibility index (Phi) is 6.01. The maximum absolute atomic E-state index is 12.0. The zero-order valence-corrected chi connectivity index (χ0v) is 14.2. The number of halogens is 2. The summed E-state index contributed by atoms with van der Waals surface area (Å²) in [5, 5.41) is 1.62. The Bertz CT molecular complexity index is 613. The molecule has 0 fully saturated rings. The molecule has 2 aromatic carbocycles. The number of carbonyl (C=O) groups is 2. The van der Waals surface area contributed by atoms with Crippen molar-refractivity contribution in [3.8, 4) is 0 Å². The van der Waals surface area contributed by atoms with E-state index in [1.165, 1.54) is 0 Å². The molecule has 2 nitrogen and oxygen atoms in total. The van der Waals surface area contributed by atoms with Crippen LogP contribution in [0.3, 0.4) is 0 Å². The van der Waals surface area contributed by atoms with E-state index in [0.29, 0.717) is 31.8 Å². The Morgan fingerprint density at radius 1 is 0.762 bits per heavy atom. The standard InChI is InChI=1S/C16H12Cl2O2Se/c17-13-7-3-1-5-11(13)15(19)9-21-10-16(20)12-6-2-4-8-14(12)18/h1-8H,9-10H2. The average Bonchev–Trinajstić information content (AvgIpc) is 2.48. The predicted molar refractivity (Wildman–Crippen MR) is 86.9 cm³/mol. The Morgan fingerprint density at radius 2 is 1.14 bits per heavy atom. The van der Waals surface area contributed by atoms with Crippen LogP contribution in [0.15, 0.2) is 48.5 Å². The van der Waals surface area contributed by atoms with E-state index >= 15 is 0 Å². The Labute approximate surface area is 139 Å². The molecule has 108 valence electrons. The summed E-state index contributed by atoms with van der Waals surface area (Å²) in [6.45, 7) is 0. The van der Waals surface area contributed by atoms with Crippen LogP contribution >= 0.6 is 23.2 Å². The first-order valence-corrected chi connectivity index (χ1v) is 9.40. The molecule has 0 saturated carbocycles. The molecular weight excluding hydrogens is 374 g/mol. The molecule has 21 heavy (non-hydrogen) atoms. The molecule has 0 atom stereocenters. The molecule has 0 heterocycles. The van der Waals surface area contributed by atoms with Gasteiger partial charge in [0.05, 0.1) is 0 Å². The van der Waals surface area contributed by atoms with Crippen molar-refractivity contribution in [2.75, 3.05) is 0 Å². The Morgan fingerprint density at radius 3 is 1.52 bits per heavy atom. The van der Waals surface area contributed by atoms with E-state index in [4.69, 9.17) is 23.2 Å². The van der Waals surface area contributed by atoms with Gasteiger partial charge in [0.1, 0.15) is 0 Å². The molecule has 0 aliphatic heterocycles. The van der Waals surface area contributed by atoms with Gasteiger partial charge in [0.2, 0.25) is 0 Å². The molecule has 0 N–H and O–H groups in total.